The first kappa shape index (κ1) is 26.3. The van der Waals surface area contributed by atoms with Crippen LogP contribution in [0.15, 0.2) is 42.7 Å². The molecule has 0 aliphatic carbocycles. The summed E-state index contributed by atoms with van der Waals surface area (Å²) >= 11 is 6.14. The maximum atomic E-state index is 15.6. The summed E-state index contributed by atoms with van der Waals surface area (Å²) in [5.41, 5.74) is 1.83. The predicted molar refractivity (Wildman–Crippen MR) is 144 cm³/mol. The summed E-state index contributed by atoms with van der Waals surface area (Å²) in [5, 5.41) is 2.87. The molecule has 0 radical (unpaired) electrons. The fraction of sp³-hybridized carbons (Fsp3) is 0.370. The van der Waals surface area contributed by atoms with Crippen molar-refractivity contribution in [2.45, 2.75) is 13.0 Å². The second kappa shape index (κ2) is 11.2. The number of halogens is 3. The van der Waals surface area contributed by atoms with E-state index < -0.39 is 17.5 Å². The molecule has 1 atom stereocenters. The molecular weight excluding hydrogens is 514 g/mol. The average Bonchev–Trinajstić information content (AvgIpc) is 2.91. The van der Waals surface area contributed by atoms with Crippen molar-refractivity contribution in [1.82, 2.24) is 14.9 Å². The van der Waals surface area contributed by atoms with Crippen LogP contribution in [-0.2, 0) is 4.74 Å². The standard InChI is InChI=1S/C27H29ClF2N6O2/c1-17-16-36(6-5-34(17)2)25-13-23(30)21(18-14-31-27(32-15-18)35-7-9-38-10-8-35)12-24(25)33-26(37)20-4-3-19(29)11-22(20)28/h3-4,11-15,17H,5-10,16H2,1-2H3,(H,33,37). The van der Waals surface area contributed by atoms with Gasteiger partial charge in [0.15, 0.2) is 0 Å². The molecule has 1 aromatic heterocycles. The van der Waals surface area contributed by atoms with Gasteiger partial charge in [-0.25, -0.2) is 18.7 Å². The van der Waals surface area contributed by atoms with Gasteiger partial charge < -0.3 is 24.8 Å². The third kappa shape index (κ3) is 5.57. The van der Waals surface area contributed by atoms with E-state index in [1.54, 1.807) is 18.5 Å². The van der Waals surface area contributed by atoms with Crippen LogP contribution in [0.4, 0.5) is 26.1 Å². The van der Waals surface area contributed by atoms with Gasteiger partial charge in [0.1, 0.15) is 11.6 Å². The molecule has 200 valence electrons. The third-order valence-electron chi connectivity index (χ3n) is 7.05. The molecule has 0 spiro atoms. The molecule has 11 heteroatoms. The number of nitrogens with one attached hydrogen (secondary N) is 1. The Hall–Kier alpha value is -3.34. The molecule has 2 saturated heterocycles. The summed E-state index contributed by atoms with van der Waals surface area (Å²) < 4.78 is 34.5. The highest BCUT2D eigenvalue weighted by atomic mass is 35.5. The van der Waals surface area contributed by atoms with E-state index in [2.05, 4.69) is 32.0 Å². The molecule has 1 unspecified atom stereocenters. The van der Waals surface area contributed by atoms with Crippen molar-refractivity contribution >= 4 is 34.8 Å². The van der Waals surface area contributed by atoms with E-state index in [0.717, 1.165) is 12.6 Å². The number of ether oxygens (including phenoxy) is 1. The van der Waals surface area contributed by atoms with Crippen molar-refractivity contribution in [3.8, 4) is 11.1 Å². The number of hydrogen-bond donors (Lipinski definition) is 1. The third-order valence-corrected chi connectivity index (χ3v) is 7.37. The van der Waals surface area contributed by atoms with E-state index in [0.29, 0.717) is 62.3 Å². The van der Waals surface area contributed by atoms with Crippen LogP contribution in [0.1, 0.15) is 17.3 Å². The Labute approximate surface area is 225 Å². The predicted octanol–water partition coefficient (Wildman–Crippen LogP) is 4.30. The lowest BCUT2D eigenvalue weighted by Crippen LogP contribution is -2.50. The second-order valence-corrected chi connectivity index (χ2v) is 9.98. The largest absolute Gasteiger partial charge is 0.378 e. The summed E-state index contributed by atoms with van der Waals surface area (Å²) in [5.74, 6) is -0.953. The van der Waals surface area contributed by atoms with Gasteiger partial charge in [-0.15, -0.1) is 0 Å². The Balaban J connectivity index is 1.50. The Bertz CT molecular complexity index is 1320. The van der Waals surface area contributed by atoms with Crippen LogP contribution in [0.25, 0.3) is 11.1 Å². The fourth-order valence-corrected chi connectivity index (χ4v) is 4.92. The number of anilines is 3. The molecule has 1 N–H and O–H groups in total. The van der Waals surface area contributed by atoms with Crippen LogP contribution in [-0.4, -0.2) is 79.8 Å². The Morgan fingerprint density at radius 3 is 2.47 bits per heavy atom. The lowest BCUT2D eigenvalue weighted by Gasteiger charge is -2.39. The highest BCUT2D eigenvalue weighted by Crippen LogP contribution is 2.36. The summed E-state index contributed by atoms with van der Waals surface area (Å²) in [7, 11) is 2.05. The van der Waals surface area contributed by atoms with Crippen molar-refractivity contribution in [1.29, 1.82) is 0 Å². The number of amides is 1. The van der Waals surface area contributed by atoms with E-state index in [9.17, 15) is 9.18 Å². The zero-order valence-corrected chi connectivity index (χ0v) is 22.0. The zero-order chi connectivity index (χ0) is 26.8. The minimum absolute atomic E-state index is 0.00768. The van der Waals surface area contributed by atoms with E-state index in [1.165, 1.54) is 18.2 Å². The van der Waals surface area contributed by atoms with Crippen molar-refractivity contribution in [3.63, 3.8) is 0 Å². The second-order valence-electron chi connectivity index (χ2n) is 9.57. The van der Waals surface area contributed by atoms with Gasteiger partial charge in [0.05, 0.1) is 35.2 Å². The molecule has 1 amide bonds. The molecule has 5 rings (SSSR count). The number of nitrogens with zero attached hydrogens (tertiary/aromatic N) is 5. The van der Waals surface area contributed by atoms with Gasteiger partial charge in [0, 0.05) is 62.3 Å². The molecule has 3 aromatic rings. The van der Waals surface area contributed by atoms with Gasteiger partial charge in [-0.3, -0.25) is 4.79 Å². The zero-order valence-electron chi connectivity index (χ0n) is 21.3. The molecule has 2 fully saturated rings. The molecule has 0 bridgehead atoms. The molecule has 2 aliphatic rings. The first-order valence-electron chi connectivity index (χ1n) is 12.5. The van der Waals surface area contributed by atoms with Crippen molar-refractivity contribution in [3.05, 3.63) is 64.9 Å². The molecule has 38 heavy (non-hydrogen) atoms. The minimum atomic E-state index is -0.539. The highest BCUT2D eigenvalue weighted by molar-refractivity contribution is 6.34. The number of aromatic nitrogens is 2. The van der Waals surface area contributed by atoms with E-state index in [4.69, 9.17) is 16.3 Å². The van der Waals surface area contributed by atoms with Gasteiger partial charge >= 0.3 is 0 Å². The average molecular weight is 543 g/mol. The number of carbonyl (C=O) groups excluding carboxylic acids is 1. The Morgan fingerprint density at radius 2 is 1.79 bits per heavy atom. The molecule has 8 nitrogen and oxygen atoms in total. The van der Waals surface area contributed by atoms with Gasteiger partial charge in [-0.1, -0.05) is 11.6 Å². The number of hydrogen-bond acceptors (Lipinski definition) is 7. The van der Waals surface area contributed by atoms with Crippen LogP contribution in [0, 0.1) is 11.6 Å². The molecule has 0 saturated carbocycles. The molecule has 3 heterocycles. The SMILES string of the molecule is CC1CN(c2cc(F)c(-c3cnc(N4CCOCC4)nc3)cc2NC(=O)c2ccc(F)cc2Cl)CCN1C. The van der Waals surface area contributed by atoms with Crippen LogP contribution in [0.3, 0.4) is 0 Å². The summed E-state index contributed by atoms with van der Waals surface area (Å²) in [4.78, 5) is 28.4. The molecule has 2 aromatic carbocycles. The number of piperazine rings is 1. The minimum Gasteiger partial charge on any atom is -0.378 e. The number of rotatable bonds is 5. The van der Waals surface area contributed by atoms with Crippen LogP contribution in [0.5, 0.6) is 0 Å². The Morgan fingerprint density at radius 1 is 1.05 bits per heavy atom. The quantitative estimate of drug-likeness (QED) is 0.515. The monoisotopic (exact) mass is 542 g/mol. The highest BCUT2D eigenvalue weighted by Gasteiger charge is 2.25. The number of likely N-dealkylation sites (N-methyl/N-ethyl adjacent to an activating group) is 1. The van der Waals surface area contributed by atoms with Crippen LogP contribution in [0.2, 0.25) is 5.02 Å². The van der Waals surface area contributed by atoms with Gasteiger partial charge in [0.2, 0.25) is 5.95 Å². The van der Waals surface area contributed by atoms with E-state index >= 15 is 4.39 Å². The first-order chi connectivity index (χ1) is 18.3. The lowest BCUT2D eigenvalue weighted by molar-refractivity contribution is 0.102. The maximum Gasteiger partial charge on any atom is 0.257 e. The van der Waals surface area contributed by atoms with Gasteiger partial charge in [0.25, 0.3) is 5.91 Å². The fourth-order valence-electron chi connectivity index (χ4n) is 4.66. The molecular formula is C27H29ClF2N6O2. The van der Waals surface area contributed by atoms with Crippen LogP contribution >= 0.6 is 11.6 Å². The first-order valence-corrected chi connectivity index (χ1v) is 12.9. The van der Waals surface area contributed by atoms with E-state index in [-0.39, 0.29) is 22.2 Å². The van der Waals surface area contributed by atoms with Crippen molar-refractivity contribution < 1.29 is 18.3 Å². The number of benzene rings is 2. The number of carbonyl (C=O) groups is 1. The van der Waals surface area contributed by atoms with Gasteiger partial charge in [-0.2, -0.15) is 0 Å². The Kier molecular flexibility index (Phi) is 7.73. The lowest BCUT2D eigenvalue weighted by atomic mass is 10.0. The molecule has 2 aliphatic heterocycles. The topological polar surface area (TPSA) is 73.8 Å². The van der Waals surface area contributed by atoms with Crippen LogP contribution < -0.4 is 15.1 Å². The van der Waals surface area contributed by atoms with Gasteiger partial charge in [-0.05, 0) is 44.3 Å². The summed E-state index contributed by atoms with van der Waals surface area (Å²) in [6.45, 7) is 6.80. The smallest absolute Gasteiger partial charge is 0.257 e. The van der Waals surface area contributed by atoms with Crippen molar-refractivity contribution in [2.75, 3.05) is 68.1 Å². The maximum absolute atomic E-state index is 15.6. The van der Waals surface area contributed by atoms with Crippen molar-refractivity contribution in [2.24, 2.45) is 0 Å². The summed E-state index contributed by atoms with van der Waals surface area (Å²) in [6.07, 6.45) is 3.16. The normalized spacial score (nSPS) is 18.5. The van der Waals surface area contributed by atoms with E-state index in [1.807, 2.05) is 11.9 Å². The summed E-state index contributed by atoms with van der Waals surface area (Å²) in [6, 6.07) is 6.85. The number of morpholine rings is 1.